The van der Waals surface area contributed by atoms with E-state index in [0.29, 0.717) is 6.61 Å². The van der Waals surface area contributed by atoms with Crippen LogP contribution in [0, 0.1) is 5.82 Å². The third-order valence-corrected chi connectivity index (χ3v) is 5.57. The summed E-state index contributed by atoms with van der Waals surface area (Å²) in [7, 11) is 4.10. The molecule has 0 aliphatic carbocycles. The Bertz CT molecular complexity index is 1020. The van der Waals surface area contributed by atoms with Gasteiger partial charge in [-0.15, -0.1) is 0 Å². The Morgan fingerprint density at radius 1 is 1.03 bits per heavy atom. The topological polar surface area (TPSA) is 49.8 Å². The third kappa shape index (κ3) is 4.30. The van der Waals surface area contributed by atoms with Gasteiger partial charge in [0, 0.05) is 24.5 Å². The summed E-state index contributed by atoms with van der Waals surface area (Å²) in [5.74, 6) is 0.522. The molecule has 0 saturated carbocycles. The Kier molecular flexibility index (Phi) is 6.28. The van der Waals surface area contributed by atoms with Crippen LogP contribution in [0.25, 0.3) is 0 Å². The van der Waals surface area contributed by atoms with Crippen LogP contribution in [0.2, 0.25) is 0 Å². The van der Waals surface area contributed by atoms with E-state index in [0.717, 1.165) is 35.4 Å². The quantitative estimate of drug-likeness (QED) is 0.558. The van der Waals surface area contributed by atoms with E-state index in [1.54, 1.807) is 18.7 Å². The molecule has 0 spiro atoms. The maximum Gasteiger partial charge on any atom is 0.125 e. The molecular formula is C25H27FN4O. The number of para-hydroxylation sites is 1. The molecule has 160 valence electrons. The van der Waals surface area contributed by atoms with Gasteiger partial charge < -0.3 is 15.0 Å². The van der Waals surface area contributed by atoms with Crippen molar-refractivity contribution in [2.45, 2.75) is 18.0 Å². The zero-order valence-electron chi connectivity index (χ0n) is 17.8. The average molecular weight is 419 g/mol. The lowest BCUT2D eigenvalue weighted by Crippen LogP contribution is -2.43. The maximum absolute atomic E-state index is 13.8. The van der Waals surface area contributed by atoms with Crippen molar-refractivity contribution >= 4 is 6.34 Å². The Balaban J connectivity index is 1.79. The van der Waals surface area contributed by atoms with Gasteiger partial charge in [0.2, 0.25) is 0 Å². The molecule has 2 atom stereocenters. The molecule has 6 heteroatoms. The van der Waals surface area contributed by atoms with Gasteiger partial charge in [0.05, 0.1) is 12.9 Å². The minimum Gasteiger partial charge on any atom is -0.493 e. The number of hydrogen-bond acceptors (Lipinski definition) is 5. The number of aromatic nitrogens is 1. The Hall–Kier alpha value is -3.25. The van der Waals surface area contributed by atoms with Gasteiger partial charge in [-0.3, -0.25) is 9.98 Å². The molecule has 5 nitrogen and oxygen atoms in total. The highest BCUT2D eigenvalue weighted by atomic mass is 19.1. The summed E-state index contributed by atoms with van der Waals surface area (Å²) in [4.78, 5) is 11.1. The highest BCUT2D eigenvalue weighted by Gasteiger charge is 2.47. The molecule has 1 N–H and O–H groups in total. The molecule has 1 aromatic heterocycles. The lowest BCUT2D eigenvalue weighted by atomic mass is 9.75. The van der Waals surface area contributed by atoms with Gasteiger partial charge in [-0.2, -0.15) is 0 Å². The molecule has 0 bridgehead atoms. The molecule has 3 aromatic rings. The van der Waals surface area contributed by atoms with E-state index < -0.39 is 5.54 Å². The molecule has 2 unspecified atom stereocenters. The number of rotatable bonds is 8. The first-order chi connectivity index (χ1) is 15.1. The number of benzene rings is 2. The Morgan fingerprint density at radius 3 is 2.52 bits per heavy atom. The van der Waals surface area contributed by atoms with Crippen molar-refractivity contribution in [3.05, 3.63) is 95.6 Å². The molecule has 2 aromatic carbocycles. The molecule has 0 radical (unpaired) electrons. The predicted octanol–water partition coefficient (Wildman–Crippen LogP) is 4.17. The predicted molar refractivity (Wildman–Crippen MR) is 121 cm³/mol. The van der Waals surface area contributed by atoms with Crippen LogP contribution >= 0.6 is 0 Å². The van der Waals surface area contributed by atoms with Crippen LogP contribution in [-0.4, -0.2) is 43.5 Å². The van der Waals surface area contributed by atoms with Crippen molar-refractivity contribution in [1.29, 1.82) is 0 Å². The van der Waals surface area contributed by atoms with E-state index in [1.165, 1.54) is 12.1 Å². The summed E-state index contributed by atoms with van der Waals surface area (Å²) in [6, 6.07) is 18.3. The monoisotopic (exact) mass is 418 g/mol. The van der Waals surface area contributed by atoms with Crippen LogP contribution in [0.1, 0.15) is 29.2 Å². The molecule has 1 aliphatic rings. The van der Waals surface area contributed by atoms with Crippen LogP contribution in [0.5, 0.6) is 5.75 Å². The first-order valence-corrected chi connectivity index (χ1v) is 10.4. The summed E-state index contributed by atoms with van der Waals surface area (Å²) in [6.45, 7) is 1.56. The molecule has 1 aliphatic heterocycles. The summed E-state index contributed by atoms with van der Waals surface area (Å²) < 4.78 is 20.0. The zero-order valence-corrected chi connectivity index (χ0v) is 17.8. The minimum absolute atomic E-state index is 0.257. The SMILES string of the molecule is CN(C)CCCOc1ccccc1C1(c2ccc(F)cc2)NC=NC1c1ccncc1. The third-order valence-electron chi connectivity index (χ3n) is 5.57. The van der Waals surface area contributed by atoms with E-state index >= 15 is 0 Å². The van der Waals surface area contributed by atoms with Gasteiger partial charge in [-0.05, 0) is 62.0 Å². The number of hydrogen-bond donors (Lipinski definition) is 1. The standard InChI is InChI=1S/C25H27FN4O/c1-30(2)16-5-17-31-23-7-4-3-6-22(23)25(20-8-10-21(26)11-9-20)24(28-18-29-25)19-12-14-27-15-13-19/h3-4,6-15,18,24H,5,16-17H2,1-2H3,(H,28,29). The molecule has 31 heavy (non-hydrogen) atoms. The van der Waals surface area contributed by atoms with Crippen LogP contribution in [0.15, 0.2) is 78.0 Å². The fraction of sp³-hybridized carbons (Fsp3) is 0.280. The van der Waals surface area contributed by atoms with Crippen molar-refractivity contribution in [2.24, 2.45) is 4.99 Å². The molecule has 0 saturated heterocycles. The summed E-state index contributed by atoms with van der Waals surface area (Å²) >= 11 is 0. The average Bonchev–Trinajstić information content (AvgIpc) is 3.24. The smallest absolute Gasteiger partial charge is 0.125 e. The normalized spacial score (nSPS) is 20.1. The van der Waals surface area contributed by atoms with Gasteiger partial charge in [-0.25, -0.2) is 4.39 Å². The number of pyridine rings is 1. The van der Waals surface area contributed by atoms with E-state index in [4.69, 9.17) is 9.73 Å². The highest BCUT2D eigenvalue weighted by molar-refractivity contribution is 5.67. The number of aliphatic imine (C=N–C) groups is 1. The second-order valence-corrected chi connectivity index (χ2v) is 7.92. The van der Waals surface area contributed by atoms with Crippen LogP contribution < -0.4 is 10.1 Å². The van der Waals surface area contributed by atoms with Gasteiger partial charge in [-0.1, -0.05) is 30.3 Å². The molecule has 2 heterocycles. The fourth-order valence-electron chi connectivity index (χ4n) is 4.10. The molecule has 0 amide bonds. The summed E-state index contributed by atoms with van der Waals surface area (Å²) in [5.41, 5.74) is 2.17. The van der Waals surface area contributed by atoms with Gasteiger partial charge in [0.15, 0.2) is 0 Å². The van der Waals surface area contributed by atoms with Gasteiger partial charge >= 0.3 is 0 Å². The lowest BCUT2D eigenvalue weighted by molar-refractivity contribution is 0.272. The van der Waals surface area contributed by atoms with Crippen molar-refractivity contribution in [1.82, 2.24) is 15.2 Å². The molecular weight excluding hydrogens is 391 g/mol. The Morgan fingerprint density at radius 2 is 1.77 bits per heavy atom. The number of nitrogens with zero attached hydrogens (tertiary/aromatic N) is 3. The largest absolute Gasteiger partial charge is 0.493 e. The van der Waals surface area contributed by atoms with Crippen LogP contribution in [0.4, 0.5) is 4.39 Å². The van der Waals surface area contributed by atoms with Crippen molar-refractivity contribution < 1.29 is 9.13 Å². The molecule has 0 fully saturated rings. The van der Waals surface area contributed by atoms with E-state index in [2.05, 4.69) is 35.4 Å². The van der Waals surface area contributed by atoms with Crippen molar-refractivity contribution in [3.63, 3.8) is 0 Å². The number of nitrogens with one attached hydrogen (secondary N) is 1. The van der Waals surface area contributed by atoms with Crippen LogP contribution in [0.3, 0.4) is 0 Å². The van der Waals surface area contributed by atoms with Crippen molar-refractivity contribution in [2.75, 3.05) is 27.2 Å². The highest BCUT2D eigenvalue weighted by Crippen LogP contribution is 2.48. The zero-order chi connectivity index (χ0) is 21.7. The first-order valence-electron chi connectivity index (χ1n) is 10.4. The first kappa shape index (κ1) is 21.0. The molecule has 4 rings (SSSR count). The fourth-order valence-corrected chi connectivity index (χ4v) is 4.10. The minimum atomic E-state index is -0.729. The van der Waals surface area contributed by atoms with Gasteiger partial charge in [0.1, 0.15) is 23.1 Å². The maximum atomic E-state index is 13.8. The summed E-state index contributed by atoms with van der Waals surface area (Å²) in [6.07, 6.45) is 6.18. The van der Waals surface area contributed by atoms with E-state index in [9.17, 15) is 4.39 Å². The second kappa shape index (κ2) is 9.27. The lowest BCUT2D eigenvalue weighted by Gasteiger charge is -2.37. The Labute approximate surface area is 182 Å². The van der Waals surface area contributed by atoms with Crippen molar-refractivity contribution in [3.8, 4) is 5.75 Å². The van der Waals surface area contributed by atoms with E-state index in [-0.39, 0.29) is 11.9 Å². The second-order valence-electron chi connectivity index (χ2n) is 7.92. The van der Waals surface area contributed by atoms with E-state index in [1.807, 2.05) is 42.5 Å². The van der Waals surface area contributed by atoms with Crippen LogP contribution in [-0.2, 0) is 5.54 Å². The van der Waals surface area contributed by atoms with Gasteiger partial charge in [0.25, 0.3) is 0 Å². The number of halogens is 1. The number of ether oxygens (including phenoxy) is 1. The summed E-state index contributed by atoms with van der Waals surface area (Å²) in [5, 5.41) is 3.50.